The first-order chi connectivity index (χ1) is 12.8. The molecule has 0 atom stereocenters. The van der Waals surface area contributed by atoms with Gasteiger partial charge in [0.25, 0.3) is 11.8 Å². The van der Waals surface area contributed by atoms with Crippen molar-refractivity contribution in [2.45, 2.75) is 11.8 Å². The van der Waals surface area contributed by atoms with Crippen LogP contribution in [-0.2, 0) is 10.1 Å². The zero-order valence-electron chi connectivity index (χ0n) is 13.9. The summed E-state index contributed by atoms with van der Waals surface area (Å²) in [5.41, 5.74) is 1.92. The molecule has 27 heavy (non-hydrogen) atoms. The maximum atomic E-state index is 12.5. The molecular formula is C18H12N2O5S2. The van der Waals surface area contributed by atoms with Crippen molar-refractivity contribution in [2.24, 2.45) is 0 Å². The summed E-state index contributed by atoms with van der Waals surface area (Å²) in [7, 11) is -4.15. The van der Waals surface area contributed by atoms with Crippen LogP contribution in [0.4, 0.5) is 0 Å². The number of rotatable bonds is 4. The Hall–Kier alpha value is -3.04. The molecule has 0 radical (unpaired) electrons. The van der Waals surface area contributed by atoms with Gasteiger partial charge >= 0.3 is 10.1 Å². The number of amides is 2. The minimum atomic E-state index is -4.15. The van der Waals surface area contributed by atoms with Crippen LogP contribution in [-0.4, -0.2) is 25.2 Å². The predicted octanol–water partition coefficient (Wildman–Crippen LogP) is 2.77. The first kappa shape index (κ1) is 17.4. The van der Waals surface area contributed by atoms with Crippen LogP contribution in [0.25, 0.3) is 10.6 Å². The van der Waals surface area contributed by atoms with E-state index in [0.717, 1.165) is 22.3 Å². The van der Waals surface area contributed by atoms with E-state index in [1.165, 1.54) is 35.6 Å². The third-order valence-electron chi connectivity index (χ3n) is 3.92. The second-order valence-electron chi connectivity index (χ2n) is 5.85. The molecule has 2 aromatic carbocycles. The fourth-order valence-electron chi connectivity index (χ4n) is 2.62. The second-order valence-corrected chi connectivity index (χ2v) is 8.25. The van der Waals surface area contributed by atoms with Crippen LogP contribution in [0.2, 0.25) is 0 Å². The van der Waals surface area contributed by atoms with Crippen molar-refractivity contribution in [1.82, 2.24) is 10.3 Å². The predicted molar refractivity (Wildman–Crippen MR) is 98.3 cm³/mol. The SMILES string of the molecule is Cc1csc(-c2ccc(OS(=O)(=O)c3ccc4c(c3)C(=O)NC4=O)cc2)n1. The average molecular weight is 400 g/mol. The molecule has 0 spiro atoms. The number of aromatic nitrogens is 1. The largest absolute Gasteiger partial charge is 0.379 e. The summed E-state index contributed by atoms with van der Waals surface area (Å²) in [5.74, 6) is -1.05. The summed E-state index contributed by atoms with van der Waals surface area (Å²) in [6.45, 7) is 1.90. The van der Waals surface area contributed by atoms with Crippen molar-refractivity contribution in [1.29, 1.82) is 0 Å². The van der Waals surface area contributed by atoms with Crippen molar-refractivity contribution < 1.29 is 22.2 Å². The standard InChI is InChI=1S/C18H12N2O5S2/c1-10-9-26-18(19-10)11-2-4-12(5-3-11)25-27(23,24)13-6-7-14-15(8-13)17(22)20-16(14)21/h2-9H,1H3,(H,20,21,22). The van der Waals surface area contributed by atoms with E-state index in [0.29, 0.717) is 0 Å². The van der Waals surface area contributed by atoms with Gasteiger partial charge in [0.05, 0.1) is 11.1 Å². The van der Waals surface area contributed by atoms with Gasteiger partial charge in [-0.2, -0.15) is 8.42 Å². The second kappa shape index (κ2) is 6.29. The molecule has 0 bridgehead atoms. The molecule has 1 N–H and O–H groups in total. The maximum Gasteiger partial charge on any atom is 0.339 e. The molecule has 1 aliphatic rings. The third-order valence-corrected chi connectivity index (χ3v) is 6.17. The number of imide groups is 1. The highest BCUT2D eigenvalue weighted by atomic mass is 32.2. The minimum Gasteiger partial charge on any atom is -0.379 e. The molecule has 0 fully saturated rings. The van der Waals surface area contributed by atoms with E-state index < -0.39 is 21.9 Å². The van der Waals surface area contributed by atoms with Crippen molar-refractivity contribution in [2.75, 3.05) is 0 Å². The van der Waals surface area contributed by atoms with Gasteiger partial charge in [0.15, 0.2) is 0 Å². The summed E-state index contributed by atoms with van der Waals surface area (Å²) in [5, 5.41) is 4.87. The smallest absolute Gasteiger partial charge is 0.339 e. The summed E-state index contributed by atoms with van der Waals surface area (Å²) >= 11 is 1.49. The molecule has 7 nitrogen and oxygen atoms in total. The first-order valence-electron chi connectivity index (χ1n) is 7.80. The Morgan fingerprint density at radius 1 is 1.00 bits per heavy atom. The topological polar surface area (TPSA) is 102 Å². The lowest BCUT2D eigenvalue weighted by molar-refractivity contribution is 0.0879. The molecule has 136 valence electrons. The number of benzene rings is 2. The number of carbonyl (C=O) groups excluding carboxylic acids is 2. The van der Waals surface area contributed by atoms with Crippen molar-refractivity contribution in [3.63, 3.8) is 0 Å². The quantitative estimate of drug-likeness (QED) is 0.534. The molecular weight excluding hydrogens is 388 g/mol. The van der Waals surface area contributed by atoms with Crippen LogP contribution in [0.15, 0.2) is 52.7 Å². The number of fused-ring (bicyclic) bond motifs is 1. The molecule has 3 aromatic rings. The summed E-state index contributed by atoms with van der Waals surface area (Å²) in [6.07, 6.45) is 0. The van der Waals surface area contributed by atoms with Crippen LogP contribution in [0.1, 0.15) is 26.4 Å². The average Bonchev–Trinajstić information content (AvgIpc) is 3.19. The van der Waals surface area contributed by atoms with Gasteiger partial charge in [0, 0.05) is 16.6 Å². The maximum absolute atomic E-state index is 12.5. The molecule has 1 aromatic heterocycles. The molecule has 4 rings (SSSR count). The van der Waals surface area contributed by atoms with Crippen molar-refractivity contribution in [3.8, 4) is 16.3 Å². The molecule has 9 heteroatoms. The monoisotopic (exact) mass is 400 g/mol. The van der Waals surface area contributed by atoms with Crippen LogP contribution in [0, 0.1) is 6.92 Å². The summed E-state index contributed by atoms with van der Waals surface area (Å²) in [6, 6.07) is 10.2. The van der Waals surface area contributed by atoms with Gasteiger partial charge in [-0.05, 0) is 49.4 Å². The minimum absolute atomic E-state index is 0.0131. The Bertz CT molecular complexity index is 1180. The van der Waals surface area contributed by atoms with Gasteiger partial charge in [-0.3, -0.25) is 14.9 Å². The number of aryl methyl sites for hydroxylation is 1. The zero-order chi connectivity index (χ0) is 19.2. The number of nitrogens with zero attached hydrogens (tertiary/aromatic N) is 1. The number of hydrogen-bond acceptors (Lipinski definition) is 7. The molecule has 1 aliphatic heterocycles. The van der Waals surface area contributed by atoms with Gasteiger partial charge in [-0.15, -0.1) is 11.3 Å². The Morgan fingerprint density at radius 3 is 2.37 bits per heavy atom. The Labute approximate surface area is 158 Å². The highest BCUT2D eigenvalue weighted by molar-refractivity contribution is 7.87. The lowest BCUT2D eigenvalue weighted by atomic mass is 10.1. The molecule has 2 heterocycles. The summed E-state index contributed by atoms with van der Waals surface area (Å²) in [4.78, 5) is 27.4. The van der Waals surface area contributed by atoms with E-state index in [1.54, 1.807) is 12.1 Å². The molecule has 0 saturated carbocycles. The van der Waals surface area contributed by atoms with Crippen LogP contribution < -0.4 is 9.50 Å². The number of nitrogens with one attached hydrogen (secondary N) is 1. The van der Waals surface area contributed by atoms with Gasteiger partial charge in [-0.1, -0.05) is 0 Å². The highest BCUT2D eigenvalue weighted by Gasteiger charge is 2.29. The lowest BCUT2D eigenvalue weighted by Crippen LogP contribution is -2.19. The lowest BCUT2D eigenvalue weighted by Gasteiger charge is -2.08. The molecule has 0 saturated heterocycles. The molecule has 0 unspecified atom stereocenters. The van der Waals surface area contributed by atoms with Crippen LogP contribution in [0.3, 0.4) is 0 Å². The first-order valence-corrected chi connectivity index (χ1v) is 10.1. The van der Waals surface area contributed by atoms with Gasteiger partial charge in [0.1, 0.15) is 15.7 Å². The number of carbonyl (C=O) groups is 2. The van der Waals surface area contributed by atoms with Crippen LogP contribution in [0.5, 0.6) is 5.75 Å². The van der Waals surface area contributed by atoms with E-state index in [2.05, 4.69) is 10.3 Å². The Kier molecular flexibility index (Phi) is 4.05. The normalized spacial score (nSPS) is 13.4. The van der Waals surface area contributed by atoms with Gasteiger partial charge < -0.3 is 4.18 Å². The van der Waals surface area contributed by atoms with Gasteiger partial charge in [0.2, 0.25) is 0 Å². The highest BCUT2D eigenvalue weighted by Crippen LogP contribution is 2.27. The number of hydrogen-bond donors (Lipinski definition) is 1. The number of thiazole rings is 1. The van der Waals surface area contributed by atoms with E-state index in [1.807, 2.05) is 12.3 Å². The van der Waals surface area contributed by atoms with E-state index >= 15 is 0 Å². The van der Waals surface area contributed by atoms with E-state index in [4.69, 9.17) is 4.18 Å². The third kappa shape index (κ3) is 3.22. The van der Waals surface area contributed by atoms with Crippen molar-refractivity contribution >= 4 is 33.3 Å². The Balaban J connectivity index is 1.60. The molecule has 0 aliphatic carbocycles. The fraction of sp³-hybridized carbons (Fsp3) is 0.0556. The van der Waals surface area contributed by atoms with Crippen LogP contribution >= 0.6 is 11.3 Å². The zero-order valence-corrected chi connectivity index (χ0v) is 15.6. The van der Waals surface area contributed by atoms with Crippen molar-refractivity contribution in [3.05, 3.63) is 64.7 Å². The van der Waals surface area contributed by atoms with Gasteiger partial charge in [-0.25, -0.2) is 4.98 Å². The Morgan fingerprint density at radius 2 is 1.70 bits per heavy atom. The van der Waals surface area contributed by atoms with E-state index in [9.17, 15) is 18.0 Å². The summed E-state index contributed by atoms with van der Waals surface area (Å²) < 4.78 is 30.1. The van der Waals surface area contributed by atoms with E-state index in [-0.39, 0.29) is 21.8 Å². The fourth-order valence-corrected chi connectivity index (χ4v) is 4.38. The molecule has 2 amide bonds.